The van der Waals surface area contributed by atoms with Crippen molar-refractivity contribution in [2.24, 2.45) is 0 Å². The Hall–Kier alpha value is -3.29. The van der Waals surface area contributed by atoms with Crippen LogP contribution in [-0.2, 0) is 10.0 Å². The van der Waals surface area contributed by atoms with Gasteiger partial charge in [-0.15, -0.1) is 0 Å². The van der Waals surface area contributed by atoms with Gasteiger partial charge in [0.25, 0.3) is 10.0 Å². The molecule has 2 aromatic rings. The minimum atomic E-state index is -3.71. The Morgan fingerprint density at radius 2 is 1.68 bits per heavy atom. The van der Waals surface area contributed by atoms with Crippen molar-refractivity contribution < 1.29 is 8.42 Å². The lowest BCUT2D eigenvalue weighted by Crippen LogP contribution is -2.13. The lowest BCUT2D eigenvalue weighted by molar-refractivity contribution is 0.601. The van der Waals surface area contributed by atoms with Gasteiger partial charge in [-0.25, -0.2) is 8.42 Å². The minimum absolute atomic E-state index is 0.0757. The summed E-state index contributed by atoms with van der Waals surface area (Å²) in [7, 11) is -3.71. The van der Waals surface area contributed by atoms with Gasteiger partial charge in [0.2, 0.25) is 0 Å². The molecule has 0 saturated carbocycles. The van der Waals surface area contributed by atoms with Crippen LogP contribution in [0, 0.1) is 36.5 Å². The van der Waals surface area contributed by atoms with E-state index >= 15 is 0 Å². The predicted octanol–water partition coefficient (Wildman–Crippen LogP) is 3.45. The van der Waals surface area contributed by atoms with E-state index < -0.39 is 10.0 Å². The first-order chi connectivity index (χ1) is 11.9. The summed E-state index contributed by atoms with van der Waals surface area (Å²) in [6, 6.07) is 15.0. The van der Waals surface area contributed by atoms with Crippen LogP contribution in [0.4, 0.5) is 11.4 Å². The highest BCUT2D eigenvalue weighted by Gasteiger charge is 2.15. The van der Waals surface area contributed by atoms with Crippen LogP contribution in [0.25, 0.3) is 0 Å². The summed E-state index contributed by atoms with van der Waals surface area (Å²) in [5.74, 6) is 0. The third-order valence-electron chi connectivity index (χ3n) is 3.43. The third kappa shape index (κ3) is 4.60. The fraction of sp³-hybridized carbons (Fsp3) is 0.111. The van der Waals surface area contributed by atoms with Crippen LogP contribution in [0.5, 0.6) is 0 Å². The van der Waals surface area contributed by atoms with Gasteiger partial charge < -0.3 is 5.32 Å². The van der Waals surface area contributed by atoms with E-state index in [4.69, 9.17) is 10.5 Å². The van der Waals surface area contributed by atoms with E-state index in [1.54, 1.807) is 30.3 Å². The largest absolute Gasteiger partial charge is 0.360 e. The number of aryl methyl sites for hydroxylation is 2. The summed E-state index contributed by atoms with van der Waals surface area (Å²) >= 11 is 0. The number of hydrogen-bond acceptors (Lipinski definition) is 5. The van der Waals surface area contributed by atoms with Gasteiger partial charge in [0.15, 0.2) is 0 Å². The Kier molecular flexibility index (Phi) is 5.43. The van der Waals surface area contributed by atoms with E-state index in [0.717, 1.165) is 11.1 Å². The van der Waals surface area contributed by atoms with Gasteiger partial charge in [-0.2, -0.15) is 10.5 Å². The van der Waals surface area contributed by atoms with Crippen molar-refractivity contribution in [3.8, 4) is 12.1 Å². The number of sulfonamides is 1. The van der Waals surface area contributed by atoms with Gasteiger partial charge in [-0.05, 0) is 55.3 Å². The number of hydrogen-bond donors (Lipinski definition) is 2. The van der Waals surface area contributed by atoms with E-state index in [1.165, 1.54) is 18.3 Å². The molecular formula is C18H16N4O2S. The monoisotopic (exact) mass is 352 g/mol. The molecule has 0 amide bonds. The molecule has 0 atom stereocenters. The molecule has 25 heavy (non-hydrogen) atoms. The fourth-order valence-corrected chi connectivity index (χ4v) is 3.15. The van der Waals surface area contributed by atoms with Crippen LogP contribution in [0.3, 0.4) is 0 Å². The quantitative estimate of drug-likeness (QED) is 0.802. The van der Waals surface area contributed by atoms with Crippen molar-refractivity contribution in [2.45, 2.75) is 18.7 Å². The van der Waals surface area contributed by atoms with Crippen LogP contribution in [0.15, 0.2) is 59.1 Å². The van der Waals surface area contributed by atoms with Crippen molar-refractivity contribution >= 4 is 21.4 Å². The van der Waals surface area contributed by atoms with E-state index in [0.29, 0.717) is 11.4 Å². The molecular weight excluding hydrogens is 336 g/mol. The van der Waals surface area contributed by atoms with Gasteiger partial charge in [-0.1, -0.05) is 12.1 Å². The van der Waals surface area contributed by atoms with Gasteiger partial charge >= 0.3 is 0 Å². The number of nitriles is 2. The van der Waals surface area contributed by atoms with Crippen molar-refractivity contribution in [1.82, 2.24) is 0 Å². The molecule has 0 unspecified atom stereocenters. The zero-order valence-electron chi connectivity index (χ0n) is 13.7. The van der Waals surface area contributed by atoms with E-state index in [2.05, 4.69) is 10.0 Å². The van der Waals surface area contributed by atoms with Crippen LogP contribution in [-0.4, -0.2) is 8.42 Å². The smallest absolute Gasteiger partial charge is 0.261 e. The Bertz CT molecular complexity index is 979. The van der Waals surface area contributed by atoms with Crippen molar-refractivity contribution in [3.63, 3.8) is 0 Å². The molecule has 0 radical (unpaired) electrons. The van der Waals surface area contributed by atoms with Gasteiger partial charge in [0, 0.05) is 11.9 Å². The zero-order chi connectivity index (χ0) is 18.4. The highest BCUT2D eigenvalue weighted by atomic mass is 32.2. The molecule has 0 heterocycles. The molecule has 0 aliphatic carbocycles. The average Bonchev–Trinajstić information content (AvgIpc) is 2.59. The van der Waals surface area contributed by atoms with Gasteiger partial charge in [-0.3, -0.25) is 4.72 Å². The highest BCUT2D eigenvalue weighted by molar-refractivity contribution is 7.92. The molecule has 0 aliphatic rings. The summed E-state index contributed by atoms with van der Waals surface area (Å²) in [4.78, 5) is 0.115. The maximum Gasteiger partial charge on any atom is 0.261 e. The van der Waals surface area contributed by atoms with Crippen molar-refractivity contribution in [3.05, 3.63) is 65.4 Å². The molecule has 0 aromatic heterocycles. The molecule has 0 aliphatic heterocycles. The fourth-order valence-electron chi connectivity index (χ4n) is 2.02. The molecule has 6 nitrogen and oxygen atoms in total. The molecule has 126 valence electrons. The number of nitrogens with one attached hydrogen (secondary N) is 2. The Balaban J connectivity index is 2.21. The van der Waals surface area contributed by atoms with Crippen LogP contribution < -0.4 is 10.0 Å². The SMILES string of the molecule is Cc1ccc(C)c(NS(=O)(=O)c2ccc(NC=C(C#N)C#N)cc2)c1. The maximum absolute atomic E-state index is 12.5. The van der Waals surface area contributed by atoms with Crippen LogP contribution in [0.2, 0.25) is 0 Å². The molecule has 2 aromatic carbocycles. The molecule has 7 heteroatoms. The molecule has 0 bridgehead atoms. The summed E-state index contributed by atoms with van der Waals surface area (Å²) in [5.41, 5.74) is 2.82. The zero-order valence-corrected chi connectivity index (χ0v) is 14.6. The molecule has 0 fully saturated rings. The summed E-state index contributed by atoms with van der Waals surface area (Å²) in [5, 5.41) is 20.1. The summed E-state index contributed by atoms with van der Waals surface area (Å²) in [6.45, 7) is 3.72. The Morgan fingerprint density at radius 1 is 1.04 bits per heavy atom. The van der Waals surface area contributed by atoms with Crippen LogP contribution in [0.1, 0.15) is 11.1 Å². The van der Waals surface area contributed by atoms with Gasteiger partial charge in [0.05, 0.1) is 10.6 Å². The van der Waals surface area contributed by atoms with Crippen molar-refractivity contribution in [2.75, 3.05) is 10.0 Å². The lowest BCUT2D eigenvalue weighted by Gasteiger charge is -2.12. The third-order valence-corrected chi connectivity index (χ3v) is 4.81. The molecule has 2 N–H and O–H groups in total. The van der Waals surface area contributed by atoms with E-state index in [-0.39, 0.29) is 10.5 Å². The number of rotatable bonds is 5. The van der Waals surface area contributed by atoms with Gasteiger partial charge in [0.1, 0.15) is 17.7 Å². The number of nitrogens with zero attached hydrogens (tertiary/aromatic N) is 2. The number of anilines is 2. The maximum atomic E-state index is 12.5. The predicted molar refractivity (Wildman–Crippen MR) is 96.1 cm³/mol. The average molecular weight is 352 g/mol. The summed E-state index contributed by atoms with van der Waals surface area (Å²) < 4.78 is 27.6. The normalized spacial score (nSPS) is 10.2. The summed E-state index contributed by atoms with van der Waals surface area (Å²) in [6.07, 6.45) is 1.26. The van der Waals surface area contributed by atoms with E-state index in [1.807, 2.05) is 26.0 Å². The molecule has 0 spiro atoms. The lowest BCUT2D eigenvalue weighted by atomic mass is 10.1. The molecule has 2 rings (SSSR count). The number of allylic oxidation sites excluding steroid dienone is 1. The molecule has 0 saturated heterocycles. The van der Waals surface area contributed by atoms with E-state index in [9.17, 15) is 8.42 Å². The van der Waals surface area contributed by atoms with Crippen LogP contribution >= 0.6 is 0 Å². The topological polar surface area (TPSA) is 106 Å². The first-order valence-corrected chi connectivity index (χ1v) is 8.81. The minimum Gasteiger partial charge on any atom is -0.360 e. The second-order valence-corrected chi connectivity index (χ2v) is 7.06. The second-order valence-electron chi connectivity index (χ2n) is 5.37. The highest BCUT2D eigenvalue weighted by Crippen LogP contribution is 2.22. The number of benzene rings is 2. The first kappa shape index (κ1) is 18.1. The first-order valence-electron chi connectivity index (χ1n) is 7.33. The Labute approximate surface area is 147 Å². The van der Waals surface area contributed by atoms with Crippen molar-refractivity contribution in [1.29, 1.82) is 10.5 Å². The second kappa shape index (κ2) is 7.52. The standard InChI is InChI=1S/C18H16N4O2S/c1-13-3-4-14(2)18(9-13)22-25(23,24)17-7-5-16(6-8-17)21-12-15(10-19)11-20/h3-9,12,21-22H,1-2H3. The Morgan fingerprint density at radius 3 is 2.28 bits per heavy atom.